The number of unbranched alkanes of at least 4 members (excludes halogenated alkanes) is 2. The SMILES string of the molecule is CCCCCC(CC)C1=CC(c2ccc(OC)cc2)N(CC(=O)N2CCC(=NOC)CC2)c2cc(C(=O)N=O)ccc21. The fraction of sp³-hybridized carbons (Fsp3) is 0.485. The van der Waals surface area contributed by atoms with Gasteiger partial charge in [-0.25, -0.2) is 0 Å². The van der Waals surface area contributed by atoms with Crippen molar-refractivity contribution in [3.8, 4) is 5.75 Å². The van der Waals surface area contributed by atoms with E-state index in [1.54, 1.807) is 19.2 Å². The first-order valence-electron chi connectivity index (χ1n) is 14.9. The zero-order valence-electron chi connectivity index (χ0n) is 25.2. The van der Waals surface area contributed by atoms with Gasteiger partial charge in [0.05, 0.1) is 25.4 Å². The van der Waals surface area contributed by atoms with E-state index in [0.29, 0.717) is 31.8 Å². The number of anilines is 1. The Balaban J connectivity index is 1.78. The number of fused-ring (bicyclic) bond motifs is 1. The van der Waals surface area contributed by atoms with Crippen LogP contribution in [0.15, 0.2) is 58.9 Å². The minimum Gasteiger partial charge on any atom is -0.497 e. The van der Waals surface area contributed by atoms with Gasteiger partial charge in [-0.1, -0.05) is 62.5 Å². The van der Waals surface area contributed by atoms with Crippen molar-refractivity contribution in [2.45, 2.75) is 64.8 Å². The van der Waals surface area contributed by atoms with Crippen molar-refractivity contribution in [3.05, 3.63) is 70.1 Å². The molecular weight excluding hydrogens is 532 g/mol. The third-order valence-electron chi connectivity index (χ3n) is 8.39. The summed E-state index contributed by atoms with van der Waals surface area (Å²) in [5.41, 5.74) is 5.15. The monoisotopic (exact) mass is 574 g/mol. The number of oxime groups is 1. The number of amides is 2. The molecular formula is C33H42N4O5. The summed E-state index contributed by atoms with van der Waals surface area (Å²) in [6, 6.07) is 13.0. The number of rotatable bonds is 12. The maximum atomic E-state index is 13.8. The highest BCUT2D eigenvalue weighted by Crippen LogP contribution is 2.45. The molecule has 0 aliphatic carbocycles. The Bertz CT molecular complexity index is 1310. The molecule has 0 spiro atoms. The van der Waals surface area contributed by atoms with E-state index >= 15 is 0 Å². The first-order valence-corrected chi connectivity index (χ1v) is 14.9. The van der Waals surface area contributed by atoms with Crippen LogP contribution in [0.4, 0.5) is 5.69 Å². The van der Waals surface area contributed by atoms with E-state index in [4.69, 9.17) is 9.57 Å². The van der Waals surface area contributed by atoms with Crippen LogP contribution < -0.4 is 9.64 Å². The summed E-state index contributed by atoms with van der Waals surface area (Å²) >= 11 is 0. The topological polar surface area (TPSA) is 101 Å². The molecule has 2 aromatic carbocycles. The molecule has 2 unspecified atom stereocenters. The van der Waals surface area contributed by atoms with Gasteiger partial charge in [-0.2, -0.15) is 0 Å². The van der Waals surface area contributed by atoms with E-state index in [2.05, 4.69) is 35.2 Å². The van der Waals surface area contributed by atoms with Crippen LogP contribution in [0.3, 0.4) is 0 Å². The average Bonchev–Trinajstić information content (AvgIpc) is 3.03. The molecule has 1 fully saturated rings. The quantitative estimate of drug-likeness (QED) is 0.157. The van der Waals surface area contributed by atoms with Crippen LogP contribution in [0.1, 0.15) is 86.3 Å². The fourth-order valence-electron chi connectivity index (χ4n) is 6.02. The van der Waals surface area contributed by atoms with Gasteiger partial charge in [-0.15, -0.1) is 4.91 Å². The number of hydrogen-bond acceptors (Lipinski definition) is 7. The van der Waals surface area contributed by atoms with Gasteiger partial charge in [-0.3, -0.25) is 9.59 Å². The Morgan fingerprint density at radius 2 is 1.76 bits per heavy atom. The van der Waals surface area contributed by atoms with Gasteiger partial charge in [0.25, 0.3) is 0 Å². The van der Waals surface area contributed by atoms with Gasteiger partial charge < -0.3 is 19.4 Å². The number of nitrogens with zero attached hydrogens (tertiary/aromatic N) is 4. The lowest BCUT2D eigenvalue weighted by atomic mass is 9.80. The first kappa shape index (κ1) is 30.9. The van der Waals surface area contributed by atoms with Gasteiger partial charge in [-0.05, 0) is 54.2 Å². The number of carbonyl (C=O) groups excluding carboxylic acids is 2. The summed E-state index contributed by atoms with van der Waals surface area (Å²) in [6.45, 7) is 5.67. The number of methoxy groups -OCH3 is 1. The lowest BCUT2D eigenvalue weighted by Gasteiger charge is -2.41. The number of ether oxygens (including phenoxy) is 1. The predicted octanol–water partition coefficient (Wildman–Crippen LogP) is 6.78. The maximum absolute atomic E-state index is 13.8. The molecule has 0 saturated carbocycles. The lowest BCUT2D eigenvalue weighted by molar-refractivity contribution is -0.129. The van der Waals surface area contributed by atoms with Gasteiger partial charge in [0.2, 0.25) is 5.91 Å². The van der Waals surface area contributed by atoms with Crippen molar-refractivity contribution in [1.82, 2.24) is 4.90 Å². The number of hydrogen-bond donors (Lipinski definition) is 0. The fourth-order valence-corrected chi connectivity index (χ4v) is 6.02. The number of nitroso groups, excluding NO2 is 1. The molecule has 0 N–H and O–H groups in total. The normalized spacial score (nSPS) is 17.2. The molecule has 2 atom stereocenters. The third-order valence-corrected chi connectivity index (χ3v) is 8.39. The second-order valence-electron chi connectivity index (χ2n) is 10.9. The second kappa shape index (κ2) is 14.8. The summed E-state index contributed by atoms with van der Waals surface area (Å²) < 4.78 is 5.41. The minimum atomic E-state index is -0.822. The molecule has 42 heavy (non-hydrogen) atoms. The largest absolute Gasteiger partial charge is 0.497 e. The van der Waals surface area contributed by atoms with Crippen LogP contribution in [0.25, 0.3) is 5.57 Å². The van der Waals surface area contributed by atoms with E-state index in [1.807, 2.05) is 35.2 Å². The molecule has 2 amide bonds. The smallest absolute Gasteiger partial charge is 0.316 e. The summed E-state index contributed by atoms with van der Waals surface area (Å²) in [7, 11) is 3.17. The van der Waals surface area contributed by atoms with Crippen LogP contribution in [-0.2, 0) is 9.63 Å². The van der Waals surface area contributed by atoms with Crippen molar-refractivity contribution in [3.63, 3.8) is 0 Å². The number of benzene rings is 2. The Hall–Kier alpha value is -4.01. The highest BCUT2D eigenvalue weighted by molar-refractivity contribution is 5.98. The second-order valence-corrected chi connectivity index (χ2v) is 10.9. The van der Waals surface area contributed by atoms with Gasteiger partial charge in [0.1, 0.15) is 12.9 Å². The first-order chi connectivity index (χ1) is 20.4. The molecule has 2 aliphatic heterocycles. The van der Waals surface area contributed by atoms with E-state index in [9.17, 15) is 14.5 Å². The van der Waals surface area contributed by atoms with Gasteiger partial charge >= 0.3 is 5.91 Å². The lowest BCUT2D eigenvalue weighted by Crippen LogP contribution is -2.46. The van der Waals surface area contributed by atoms with Crippen molar-refractivity contribution >= 4 is 28.8 Å². The zero-order chi connectivity index (χ0) is 30.1. The standard InChI is InChI=1S/C33H42N4O5/c1-5-7-8-9-23(6-2)29-21-30(24-10-13-27(41-3)14-11-24)37(31-20-25(33(39)34-40)12-15-28(29)31)22-32(38)36-18-16-26(17-19-36)35-42-4/h10-15,20-21,23,30H,5-9,16-19,22H2,1-4H3. The Morgan fingerprint density at radius 1 is 1.02 bits per heavy atom. The van der Waals surface area contributed by atoms with E-state index in [-0.39, 0.29) is 24.1 Å². The maximum Gasteiger partial charge on any atom is 0.316 e. The molecule has 2 heterocycles. The Labute approximate surface area is 248 Å². The molecule has 9 heteroatoms. The summed E-state index contributed by atoms with van der Waals surface area (Å²) in [5, 5.41) is 6.74. The predicted molar refractivity (Wildman–Crippen MR) is 166 cm³/mol. The van der Waals surface area contributed by atoms with E-state index < -0.39 is 5.91 Å². The average molecular weight is 575 g/mol. The molecule has 2 aliphatic rings. The third kappa shape index (κ3) is 7.06. The zero-order valence-corrected chi connectivity index (χ0v) is 25.2. The minimum absolute atomic E-state index is 0.00647. The Morgan fingerprint density at radius 3 is 2.38 bits per heavy atom. The number of likely N-dealkylation sites (tertiary alicyclic amines) is 1. The van der Waals surface area contributed by atoms with E-state index in [1.165, 1.54) is 19.1 Å². The van der Waals surface area contributed by atoms with Crippen molar-refractivity contribution in [1.29, 1.82) is 0 Å². The Kier molecular flexibility index (Phi) is 10.9. The summed E-state index contributed by atoms with van der Waals surface area (Å²) in [5.74, 6) is 0.241. The summed E-state index contributed by atoms with van der Waals surface area (Å²) in [4.78, 5) is 46.2. The highest BCUT2D eigenvalue weighted by Gasteiger charge is 2.34. The molecule has 2 aromatic rings. The number of carbonyl (C=O) groups is 2. The molecule has 9 nitrogen and oxygen atoms in total. The van der Waals surface area contributed by atoms with Crippen LogP contribution >= 0.6 is 0 Å². The van der Waals surface area contributed by atoms with Crippen molar-refractivity contribution in [2.75, 3.05) is 38.8 Å². The van der Waals surface area contributed by atoms with Gasteiger partial charge in [0, 0.05) is 47.9 Å². The van der Waals surface area contributed by atoms with Crippen molar-refractivity contribution < 1.29 is 19.2 Å². The molecule has 0 radical (unpaired) electrons. The molecule has 4 rings (SSSR count). The van der Waals surface area contributed by atoms with Crippen LogP contribution in [0, 0.1) is 10.8 Å². The van der Waals surface area contributed by atoms with Crippen LogP contribution in [0.5, 0.6) is 5.75 Å². The molecule has 0 aromatic heterocycles. The van der Waals surface area contributed by atoms with Gasteiger partial charge in [0.15, 0.2) is 0 Å². The van der Waals surface area contributed by atoms with Crippen LogP contribution in [-0.4, -0.2) is 56.3 Å². The van der Waals surface area contributed by atoms with E-state index in [0.717, 1.165) is 54.0 Å². The summed E-state index contributed by atoms with van der Waals surface area (Å²) in [6.07, 6.45) is 9.10. The molecule has 224 valence electrons. The molecule has 1 saturated heterocycles. The molecule has 0 bridgehead atoms. The number of allylic oxidation sites excluding steroid dienone is 1. The highest BCUT2D eigenvalue weighted by atomic mass is 16.6. The van der Waals surface area contributed by atoms with Crippen LogP contribution in [0.2, 0.25) is 0 Å². The number of piperidine rings is 1. The van der Waals surface area contributed by atoms with Crippen molar-refractivity contribution in [2.24, 2.45) is 16.3 Å².